The Balaban J connectivity index is 1.46. The van der Waals surface area contributed by atoms with Crippen LogP contribution in [-0.2, 0) is 4.79 Å². The van der Waals surface area contributed by atoms with Crippen LogP contribution in [0.4, 0.5) is 8.78 Å². The summed E-state index contributed by atoms with van der Waals surface area (Å²) >= 11 is 0. The molecule has 0 aromatic heterocycles. The number of carbonyl (C=O) groups is 2. The molecule has 29 heavy (non-hydrogen) atoms. The molecule has 1 saturated heterocycles. The van der Waals surface area contributed by atoms with E-state index < -0.39 is 11.6 Å². The smallest absolute Gasteiger partial charge is 0.254 e. The number of aryl methyl sites for hydroxylation is 2. The molecular formula is C22H24F2N2O3. The number of hydrogen-bond donors (Lipinski definition) is 0. The molecule has 0 spiro atoms. The minimum Gasteiger partial charge on any atom is -0.493 e. The lowest BCUT2D eigenvalue weighted by Gasteiger charge is -2.35. The highest BCUT2D eigenvalue weighted by Gasteiger charge is 2.25. The average Bonchev–Trinajstić information content (AvgIpc) is 2.69. The number of benzene rings is 2. The van der Waals surface area contributed by atoms with E-state index in [0.717, 1.165) is 29.0 Å². The molecule has 0 N–H and O–H groups in total. The number of piperazine rings is 1. The van der Waals surface area contributed by atoms with Gasteiger partial charge in [0.1, 0.15) is 5.75 Å². The number of hydrogen-bond acceptors (Lipinski definition) is 3. The molecule has 1 heterocycles. The van der Waals surface area contributed by atoms with E-state index in [9.17, 15) is 18.4 Å². The minimum absolute atomic E-state index is 0.0331. The molecule has 0 unspecified atom stereocenters. The van der Waals surface area contributed by atoms with Crippen molar-refractivity contribution in [2.75, 3.05) is 32.8 Å². The molecule has 2 aromatic rings. The van der Waals surface area contributed by atoms with Gasteiger partial charge in [0.25, 0.3) is 5.91 Å². The molecule has 0 atom stereocenters. The summed E-state index contributed by atoms with van der Waals surface area (Å²) in [7, 11) is 0. The lowest BCUT2D eigenvalue weighted by molar-refractivity contribution is -0.133. The van der Waals surface area contributed by atoms with Gasteiger partial charge >= 0.3 is 0 Å². The normalized spacial score (nSPS) is 14.1. The van der Waals surface area contributed by atoms with Gasteiger partial charge in [-0.2, -0.15) is 0 Å². The second-order valence-corrected chi connectivity index (χ2v) is 7.22. The molecule has 2 amide bonds. The first kappa shape index (κ1) is 20.8. The van der Waals surface area contributed by atoms with Crippen LogP contribution >= 0.6 is 0 Å². The highest BCUT2D eigenvalue weighted by atomic mass is 19.2. The zero-order chi connectivity index (χ0) is 21.0. The van der Waals surface area contributed by atoms with Gasteiger partial charge in [-0.1, -0.05) is 6.07 Å². The number of nitrogens with zero attached hydrogens (tertiary/aromatic N) is 2. The minimum atomic E-state index is -1.05. The Hall–Kier alpha value is -2.96. The topological polar surface area (TPSA) is 49.9 Å². The highest BCUT2D eigenvalue weighted by molar-refractivity contribution is 5.94. The van der Waals surface area contributed by atoms with Crippen LogP contribution in [0.15, 0.2) is 36.4 Å². The molecule has 0 bridgehead atoms. The molecule has 0 saturated carbocycles. The lowest BCUT2D eigenvalue weighted by Crippen LogP contribution is -2.50. The average molecular weight is 402 g/mol. The van der Waals surface area contributed by atoms with Crippen molar-refractivity contribution in [3.63, 3.8) is 0 Å². The third-order valence-corrected chi connectivity index (χ3v) is 4.87. The predicted octanol–water partition coefficient (Wildman–Crippen LogP) is 3.34. The van der Waals surface area contributed by atoms with E-state index in [1.807, 2.05) is 26.0 Å². The highest BCUT2D eigenvalue weighted by Crippen LogP contribution is 2.17. The summed E-state index contributed by atoms with van der Waals surface area (Å²) in [5.41, 5.74) is 2.31. The maximum absolute atomic E-state index is 13.3. The molecule has 1 aliphatic rings. The zero-order valence-electron chi connectivity index (χ0n) is 16.6. The first-order chi connectivity index (χ1) is 13.8. The molecule has 1 fully saturated rings. The Morgan fingerprint density at radius 1 is 0.897 bits per heavy atom. The van der Waals surface area contributed by atoms with E-state index in [0.29, 0.717) is 26.2 Å². The molecule has 5 nitrogen and oxygen atoms in total. The summed E-state index contributed by atoms with van der Waals surface area (Å²) in [4.78, 5) is 28.1. The molecule has 7 heteroatoms. The van der Waals surface area contributed by atoms with Crippen molar-refractivity contribution in [1.82, 2.24) is 9.80 Å². The van der Waals surface area contributed by atoms with Crippen molar-refractivity contribution in [3.05, 3.63) is 64.7 Å². The number of halogens is 2. The molecule has 154 valence electrons. The van der Waals surface area contributed by atoms with Crippen molar-refractivity contribution < 1.29 is 23.1 Å². The standard InChI is InChI=1S/C22H24F2N2O3/c1-15-11-16(2)13-18(12-15)29-10-5-21(27)25-6-8-26(9-7-25)22(28)17-3-4-19(23)20(24)14-17/h3-4,11-14H,5-10H2,1-2H3. The van der Waals surface area contributed by atoms with E-state index >= 15 is 0 Å². The summed E-state index contributed by atoms with van der Waals surface area (Å²) in [6.07, 6.45) is 0.254. The molecule has 1 aliphatic heterocycles. The molecule has 3 rings (SSSR count). The number of amides is 2. The Morgan fingerprint density at radius 3 is 2.14 bits per heavy atom. The van der Waals surface area contributed by atoms with Crippen LogP contribution in [0.25, 0.3) is 0 Å². The fraction of sp³-hybridized carbons (Fsp3) is 0.364. The summed E-state index contributed by atoms with van der Waals surface area (Å²) in [5, 5.41) is 0. The van der Waals surface area contributed by atoms with Crippen molar-refractivity contribution >= 4 is 11.8 Å². The van der Waals surface area contributed by atoms with E-state index in [1.165, 1.54) is 6.07 Å². The second-order valence-electron chi connectivity index (χ2n) is 7.22. The molecular weight excluding hydrogens is 378 g/mol. The van der Waals surface area contributed by atoms with Gasteiger partial charge in [0.15, 0.2) is 11.6 Å². The van der Waals surface area contributed by atoms with Crippen molar-refractivity contribution in [2.24, 2.45) is 0 Å². The van der Waals surface area contributed by atoms with E-state index in [2.05, 4.69) is 6.07 Å². The fourth-order valence-corrected chi connectivity index (χ4v) is 3.40. The maximum Gasteiger partial charge on any atom is 0.254 e. The van der Waals surface area contributed by atoms with Crippen LogP contribution in [0.3, 0.4) is 0 Å². The van der Waals surface area contributed by atoms with Gasteiger partial charge in [0.05, 0.1) is 13.0 Å². The van der Waals surface area contributed by atoms with E-state index in [4.69, 9.17) is 4.74 Å². The van der Waals surface area contributed by atoms with Crippen LogP contribution < -0.4 is 4.74 Å². The number of rotatable bonds is 5. The predicted molar refractivity (Wildman–Crippen MR) is 105 cm³/mol. The van der Waals surface area contributed by atoms with Crippen molar-refractivity contribution in [3.8, 4) is 5.75 Å². The van der Waals surface area contributed by atoms with Crippen molar-refractivity contribution in [1.29, 1.82) is 0 Å². The Bertz CT molecular complexity index is 889. The van der Waals surface area contributed by atoms with Crippen LogP contribution in [0, 0.1) is 25.5 Å². The first-order valence-electron chi connectivity index (χ1n) is 9.56. The lowest BCUT2D eigenvalue weighted by atomic mass is 10.1. The van der Waals surface area contributed by atoms with Crippen molar-refractivity contribution in [2.45, 2.75) is 20.3 Å². The summed E-state index contributed by atoms with van der Waals surface area (Å²) < 4.78 is 32.1. The van der Waals surface area contributed by atoms with Gasteiger partial charge in [-0.05, 0) is 55.3 Å². The van der Waals surface area contributed by atoms with Gasteiger partial charge in [0.2, 0.25) is 5.91 Å². The van der Waals surface area contributed by atoms with Crippen LogP contribution in [-0.4, -0.2) is 54.4 Å². The molecule has 0 aliphatic carbocycles. The number of carbonyl (C=O) groups excluding carboxylic acids is 2. The van der Waals surface area contributed by atoms with Gasteiger partial charge < -0.3 is 14.5 Å². The number of ether oxygens (including phenoxy) is 1. The van der Waals surface area contributed by atoms with Crippen LogP contribution in [0.1, 0.15) is 27.9 Å². The summed E-state index contributed by atoms with van der Waals surface area (Å²) in [6, 6.07) is 9.03. The maximum atomic E-state index is 13.3. The Kier molecular flexibility index (Phi) is 6.46. The Labute approximate surface area is 168 Å². The van der Waals surface area contributed by atoms with Crippen LogP contribution in [0.2, 0.25) is 0 Å². The van der Waals surface area contributed by atoms with Gasteiger partial charge in [0, 0.05) is 31.7 Å². The van der Waals surface area contributed by atoms with Crippen LogP contribution in [0.5, 0.6) is 5.75 Å². The first-order valence-corrected chi connectivity index (χ1v) is 9.56. The Morgan fingerprint density at radius 2 is 1.52 bits per heavy atom. The van der Waals surface area contributed by atoms with E-state index in [-0.39, 0.29) is 30.4 Å². The summed E-state index contributed by atoms with van der Waals surface area (Å²) in [5.74, 6) is -1.69. The quantitative estimate of drug-likeness (QED) is 0.771. The monoisotopic (exact) mass is 402 g/mol. The largest absolute Gasteiger partial charge is 0.493 e. The van der Waals surface area contributed by atoms with Gasteiger partial charge in [-0.25, -0.2) is 8.78 Å². The SMILES string of the molecule is Cc1cc(C)cc(OCCC(=O)N2CCN(C(=O)c3ccc(F)c(F)c3)CC2)c1. The molecule has 2 aromatic carbocycles. The summed E-state index contributed by atoms with van der Waals surface area (Å²) in [6.45, 7) is 5.77. The fourth-order valence-electron chi connectivity index (χ4n) is 3.40. The second kappa shape index (κ2) is 9.03. The molecule has 0 radical (unpaired) electrons. The van der Waals surface area contributed by atoms with Gasteiger partial charge in [-0.3, -0.25) is 9.59 Å². The van der Waals surface area contributed by atoms with Gasteiger partial charge in [-0.15, -0.1) is 0 Å². The van der Waals surface area contributed by atoms with E-state index in [1.54, 1.807) is 9.80 Å². The zero-order valence-corrected chi connectivity index (χ0v) is 16.6. The third kappa shape index (κ3) is 5.31. The third-order valence-electron chi connectivity index (χ3n) is 4.87.